The highest BCUT2D eigenvalue weighted by Gasteiger charge is 2.14. The maximum absolute atomic E-state index is 10.8. The van der Waals surface area contributed by atoms with Gasteiger partial charge in [-0.25, -0.2) is 8.42 Å². The molecule has 1 rings (SSSR count). The van der Waals surface area contributed by atoms with Gasteiger partial charge in [0.25, 0.3) is 0 Å². The number of hydrogen-bond acceptors (Lipinski definition) is 4. The SMILES string of the molecule is CS(=O)(=O)CCC1COCCN1. The highest BCUT2D eigenvalue weighted by atomic mass is 32.2. The van der Waals surface area contributed by atoms with E-state index in [0.29, 0.717) is 13.0 Å². The summed E-state index contributed by atoms with van der Waals surface area (Å²) in [6, 6.07) is 0.216. The molecular weight excluding hydrogens is 178 g/mol. The summed E-state index contributed by atoms with van der Waals surface area (Å²) >= 11 is 0. The summed E-state index contributed by atoms with van der Waals surface area (Å²) in [7, 11) is -2.82. The van der Waals surface area contributed by atoms with Gasteiger partial charge in [0.1, 0.15) is 9.84 Å². The Morgan fingerprint density at radius 1 is 1.58 bits per heavy atom. The van der Waals surface area contributed by atoms with E-state index in [1.807, 2.05) is 0 Å². The molecule has 0 spiro atoms. The molecule has 0 aromatic rings. The summed E-state index contributed by atoms with van der Waals surface area (Å²) in [6.07, 6.45) is 1.91. The Morgan fingerprint density at radius 3 is 2.83 bits per heavy atom. The van der Waals surface area contributed by atoms with E-state index in [9.17, 15) is 8.42 Å². The van der Waals surface area contributed by atoms with Gasteiger partial charge in [-0.2, -0.15) is 0 Å². The lowest BCUT2D eigenvalue weighted by Crippen LogP contribution is -2.42. The van der Waals surface area contributed by atoms with Crippen molar-refractivity contribution in [1.82, 2.24) is 5.32 Å². The average Bonchev–Trinajstić information content (AvgIpc) is 2.02. The van der Waals surface area contributed by atoms with E-state index in [0.717, 1.165) is 13.2 Å². The van der Waals surface area contributed by atoms with Crippen LogP contribution in [-0.2, 0) is 14.6 Å². The fourth-order valence-corrected chi connectivity index (χ4v) is 1.87. The minimum absolute atomic E-state index is 0.216. The van der Waals surface area contributed by atoms with Crippen LogP contribution in [0.25, 0.3) is 0 Å². The van der Waals surface area contributed by atoms with Gasteiger partial charge < -0.3 is 10.1 Å². The number of sulfone groups is 1. The first-order valence-corrected chi connectivity index (χ1v) is 6.13. The van der Waals surface area contributed by atoms with Gasteiger partial charge in [-0.1, -0.05) is 0 Å². The van der Waals surface area contributed by atoms with Crippen LogP contribution >= 0.6 is 0 Å². The van der Waals surface area contributed by atoms with Gasteiger partial charge in [0, 0.05) is 18.8 Å². The number of morpholine rings is 1. The first kappa shape index (κ1) is 9.95. The number of nitrogens with one attached hydrogen (secondary N) is 1. The number of ether oxygens (including phenoxy) is 1. The first-order chi connectivity index (χ1) is 5.58. The molecule has 0 aliphatic carbocycles. The predicted octanol–water partition coefficient (Wildman–Crippen LogP) is -0.590. The highest BCUT2D eigenvalue weighted by molar-refractivity contribution is 7.90. The molecular formula is C7H15NO3S. The van der Waals surface area contributed by atoms with E-state index >= 15 is 0 Å². The van der Waals surface area contributed by atoms with Crippen LogP contribution in [0.2, 0.25) is 0 Å². The summed E-state index contributed by atoms with van der Waals surface area (Å²) in [6.45, 7) is 2.19. The normalized spacial score (nSPS) is 25.6. The van der Waals surface area contributed by atoms with Gasteiger partial charge in [-0.05, 0) is 6.42 Å². The van der Waals surface area contributed by atoms with Crippen LogP contribution in [0.5, 0.6) is 0 Å². The highest BCUT2D eigenvalue weighted by Crippen LogP contribution is 2.00. The van der Waals surface area contributed by atoms with Crippen molar-refractivity contribution in [2.45, 2.75) is 12.5 Å². The molecule has 5 heteroatoms. The summed E-state index contributed by atoms with van der Waals surface area (Å²) < 4.78 is 26.8. The second-order valence-corrected chi connectivity index (χ2v) is 5.40. The van der Waals surface area contributed by atoms with Crippen LogP contribution in [0.4, 0.5) is 0 Å². The molecule has 1 aliphatic heterocycles. The minimum Gasteiger partial charge on any atom is -0.379 e. The van der Waals surface area contributed by atoms with Crippen molar-refractivity contribution in [1.29, 1.82) is 0 Å². The van der Waals surface area contributed by atoms with Crippen LogP contribution in [0, 0.1) is 0 Å². The third-order valence-corrected chi connectivity index (χ3v) is 2.81. The fraction of sp³-hybridized carbons (Fsp3) is 1.00. The minimum atomic E-state index is -2.82. The third-order valence-electron chi connectivity index (χ3n) is 1.84. The second-order valence-electron chi connectivity index (χ2n) is 3.14. The van der Waals surface area contributed by atoms with Gasteiger partial charge in [0.05, 0.1) is 19.0 Å². The lowest BCUT2D eigenvalue weighted by molar-refractivity contribution is 0.0760. The number of hydrogen-bond donors (Lipinski definition) is 1. The lowest BCUT2D eigenvalue weighted by atomic mass is 10.2. The molecule has 0 saturated carbocycles. The molecule has 1 N–H and O–H groups in total. The zero-order valence-corrected chi connectivity index (χ0v) is 8.06. The van der Waals surface area contributed by atoms with Crippen molar-refractivity contribution in [2.24, 2.45) is 0 Å². The van der Waals surface area contributed by atoms with E-state index in [1.165, 1.54) is 6.26 Å². The lowest BCUT2D eigenvalue weighted by Gasteiger charge is -2.23. The molecule has 12 heavy (non-hydrogen) atoms. The van der Waals surface area contributed by atoms with Gasteiger partial charge in [0.15, 0.2) is 0 Å². The number of rotatable bonds is 3. The maximum Gasteiger partial charge on any atom is 0.147 e. The van der Waals surface area contributed by atoms with E-state index in [1.54, 1.807) is 0 Å². The summed E-state index contributed by atoms with van der Waals surface area (Å²) in [5.74, 6) is 0.244. The zero-order valence-electron chi connectivity index (χ0n) is 7.25. The van der Waals surface area contributed by atoms with Crippen molar-refractivity contribution in [3.63, 3.8) is 0 Å². The molecule has 0 aromatic carbocycles. The van der Waals surface area contributed by atoms with Crippen molar-refractivity contribution in [2.75, 3.05) is 31.8 Å². The van der Waals surface area contributed by atoms with Crippen LogP contribution in [0.3, 0.4) is 0 Å². The zero-order chi connectivity index (χ0) is 9.03. The van der Waals surface area contributed by atoms with E-state index in [4.69, 9.17) is 4.74 Å². The maximum atomic E-state index is 10.8. The molecule has 1 unspecified atom stereocenters. The van der Waals surface area contributed by atoms with Crippen molar-refractivity contribution >= 4 is 9.84 Å². The van der Waals surface area contributed by atoms with Gasteiger partial charge >= 0.3 is 0 Å². The first-order valence-electron chi connectivity index (χ1n) is 4.07. The standard InChI is InChI=1S/C7H15NO3S/c1-12(9,10)5-2-7-6-11-4-3-8-7/h7-8H,2-6H2,1H3. The van der Waals surface area contributed by atoms with Crippen molar-refractivity contribution in [3.05, 3.63) is 0 Å². The molecule has 4 nitrogen and oxygen atoms in total. The topological polar surface area (TPSA) is 55.4 Å². The largest absolute Gasteiger partial charge is 0.379 e. The Kier molecular flexibility index (Phi) is 3.49. The van der Waals surface area contributed by atoms with Gasteiger partial charge in [0.2, 0.25) is 0 Å². The van der Waals surface area contributed by atoms with Gasteiger partial charge in [-0.3, -0.25) is 0 Å². The third kappa shape index (κ3) is 4.04. The van der Waals surface area contributed by atoms with E-state index in [2.05, 4.69) is 5.32 Å². The molecule has 72 valence electrons. The average molecular weight is 193 g/mol. The Hall–Kier alpha value is -0.130. The summed E-state index contributed by atoms with van der Waals surface area (Å²) in [4.78, 5) is 0. The summed E-state index contributed by atoms with van der Waals surface area (Å²) in [5.41, 5.74) is 0. The van der Waals surface area contributed by atoms with Crippen LogP contribution in [-0.4, -0.2) is 46.2 Å². The molecule has 1 saturated heterocycles. The molecule has 1 aliphatic rings. The predicted molar refractivity (Wildman–Crippen MR) is 46.9 cm³/mol. The van der Waals surface area contributed by atoms with Gasteiger partial charge in [-0.15, -0.1) is 0 Å². The molecule has 0 bridgehead atoms. The van der Waals surface area contributed by atoms with Crippen molar-refractivity contribution in [3.8, 4) is 0 Å². The Balaban J connectivity index is 2.22. The second kappa shape index (κ2) is 4.20. The molecule has 1 fully saturated rings. The fourth-order valence-electron chi connectivity index (χ4n) is 1.16. The summed E-state index contributed by atoms with van der Waals surface area (Å²) in [5, 5.41) is 3.20. The molecule has 0 aromatic heterocycles. The quantitative estimate of drug-likeness (QED) is 0.651. The van der Waals surface area contributed by atoms with Crippen molar-refractivity contribution < 1.29 is 13.2 Å². The molecule has 0 radical (unpaired) electrons. The van der Waals surface area contributed by atoms with Crippen LogP contribution < -0.4 is 5.32 Å². The Morgan fingerprint density at radius 2 is 2.33 bits per heavy atom. The monoisotopic (exact) mass is 193 g/mol. The molecule has 0 amide bonds. The van der Waals surface area contributed by atoms with Crippen LogP contribution in [0.15, 0.2) is 0 Å². The Bertz CT molecular complexity index is 219. The van der Waals surface area contributed by atoms with E-state index < -0.39 is 9.84 Å². The Labute approximate surface area is 73.2 Å². The smallest absolute Gasteiger partial charge is 0.147 e. The molecule has 1 heterocycles. The van der Waals surface area contributed by atoms with Crippen LogP contribution in [0.1, 0.15) is 6.42 Å². The molecule has 1 atom stereocenters. The van der Waals surface area contributed by atoms with E-state index in [-0.39, 0.29) is 11.8 Å².